The van der Waals surface area contributed by atoms with Gasteiger partial charge in [0.05, 0.1) is 20.4 Å². The van der Waals surface area contributed by atoms with E-state index in [2.05, 4.69) is 0 Å². The molecule has 40 heavy (non-hydrogen) atoms. The number of carbonyl (C=O) groups is 3. The molecule has 0 amide bonds. The number of aldehydes is 1. The molecule has 0 aliphatic rings. The Labute approximate surface area is 264 Å². The summed E-state index contributed by atoms with van der Waals surface area (Å²) < 4.78 is 21.0. The number of esters is 2. The van der Waals surface area contributed by atoms with Crippen LogP contribution in [0.1, 0.15) is 54.1 Å². The van der Waals surface area contributed by atoms with Crippen molar-refractivity contribution in [1.82, 2.24) is 0 Å². The summed E-state index contributed by atoms with van der Waals surface area (Å²) in [6.45, 7) is 14.6. The Morgan fingerprint density at radius 2 is 1.25 bits per heavy atom. The molecule has 8 heteroatoms. The van der Waals surface area contributed by atoms with Gasteiger partial charge in [0.25, 0.3) is 0 Å². The van der Waals surface area contributed by atoms with Crippen molar-refractivity contribution in [3.63, 3.8) is 0 Å². The van der Waals surface area contributed by atoms with Crippen LogP contribution in [0.4, 0.5) is 0 Å². The van der Waals surface area contributed by atoms with E-state index in [1.54, 1.807) is 47.9 Å². The topological polar surface area (TPSA) is 86.7 Å². The van der Waals surface area contributed by atoms with E-state index in [1.807, 2.05) is 85.8 Å². The van der Waals surface area contributed by atoms with Crippen LogP contribution in [0.2, 0.25) is 0 Å². The summed E-state index contributed by atoms with van der Waals surface area (Å²) in [5, 5.41) is 0. The van der Waals surface area contributed by atoms with Gasteiger partial charge in [-0.2, -0.15) is 0 Å². The summed E-state index contributed by atoms with van der Waals surface area (Å²) >= 11 is 0. The maximum Gasteiger partial charge on any atom is 1.00 e. The van der Waals surface area contributed by atoms with Crippen LogP contribution in [0.5, 0.6) is 0 Å². The number of carbonyl (C=O) groups excluding carboxylic acids is 3. The molecule has 2 aromatic rings. The predicted octanol–water partition coefficient (Wildman–Crippen LogP) is 4.57. The summed E-state index contributed by atoms with van der Waals surface area (Å²) in [4.78, 5) is 32.6. The largest absolute Gasteiger partial charge is 1.00 e. The fourth-order valence-corrected chi connectivity index (χ4v) is 3.44. The Bertz CT molecular complexity index is 1170. The molecule has 0 bridgehead atoms. The average Bonchev–Trinajstić information content (AvgIpc) is 2.89. The van der Waals surface area contributed by atoms with Gasteiger partial charge in [-0.3, -0.25) is 9.59 Å². The van der Waals surface area contributed by atoms with E-state index >= 15 is 0 Å². The van der Waals surface area contributed by atoms with E-state index in [4.69, 9.17) is 9.47 Å². The first-order chi connectivity index (χ1) is 18.3. The first-order valence-electron chi connectivity index (χ1n) is 12.8. The van der Waals surface area contributed by atoms with Gasteiger partial charge in [-0.1, -0.05) is 72.3 Å². The molecule has 6 nitrogen and oxygen atoms in total. The molecule has 1 unspecified atom stereocenters. The van der Waals surface area contributed by atoms with Gasteiger partial charge in [0, 0.05) is 5.57 Å². The summed E-state index contributed by atoms with van der Waals surface area (Å²) in [6, 6.07) is 19.8. The molecule has 214 valence electrons. The molecule has 0 heterocycles. The Hall–Kier alpha value is -2.50. The van der Waals surface area contributed by atoms with Gasteiger partial charge in [0.15, 0.2) is 0 Å². The minimum atomic E-state index is -2.32. The van der Waals surface area contributed by atoms with Gasteiger partial charge in [-0.25, -0.2) is 4.79 Å². The summed E-state index contributed by atoms with van der Waals surface area (Å²) in [5.41, 5.74) is 4.12. The Balaban J connectivity index is -0.000000535. The molecule has 0 saturated carbocycles. The smallest absolute Gasteiger partial charge is 1.00 e. The number of hydrogen-bond acceptors (Lipinski definition) is 6. The van der Waals surface area contributed by atoms with Crippen LogP contribution in [0.25, 0.3) is 12.2 Å². The zero-order valence-corrected chi connectivity index (χ0v) is 28.4. The summed E-state index contributed by atoms with van der Waals surface area (Å²) in [6.07, 6.45) is 6.58. The van der Waals surface area contributed by atoms with Gasteiger partial charge in [-0.15, -0.1) is 0 Å². The van der Waals surface area contributed by atoms with Gasteiger partial charge < -0.3 is 15.5 Å². The minimum Gasteiger partial charge on any atom is -1.00 e. The molecule has 0 saturated heterocycles. The van der Waals surface area contributed by atoms with E-state index in [0.717, 1.165) is 28.6 Å². The molecule has 0 radical (unpaired) electrons. The van der Waals surface area contributed by atoms with E-state index in [9.17, 15) is 18.9 Å². The van der Waals surface area contributed by atoms with E-state index in [-0.39, 0.29) is 42.9 Å². The Morgan fingerprint density at radius 1 is 0.825 bits per heavy atom. The van der Waals surface area contributed by atoms with Gasteiger partial charge in [-0.05, 0) is 83.7 Å². The molecule has 0 N–H and O–H groups in total. The molecule has 0 aliphatic heterocycles. The Kier molecular flexibility index (Phi) is 22.0. The van der Waals surface area contributed by atoms with E-state index in [0.29, 0.717) is 18.8 Å². The maximum atomic E-state index is 11.4. The minimum absolute atomic E-state index is 0. The normalized spacial score (nSPS) is 12.2. The number of ether oxygens (including phenoxy) is 2. The first-order valence-corrected chi connectivity index (χ1v) is 15.5. The average molecular weight is 579 g/mol. The van der Waals surface area contributed by atoms with Crippen molar-refractivity contribution in [2.75, 3.05) is 26.5 Å². The van der Waals surface area contributed by atoms with Crippen molar-refractivity contribution in [3.05, 3.63) is 94.6 Å². The number of hydrogen-bond donors (Lipinski definition) is 0. The van der Waals surface area contributed by atoms with Crippen molar-refractivity contribution in [1.29, 1.82) is 0 Å². The second kappa shape index (κ2) is 22.2. The molecular weight excluding hydrogens is 534 g/mol. The summed E-state index contributed by atoms with van der Waals surface area (Å²) in [5.74, 6) is -0.617. The van der Waals surface area contributed by atoms with Crippen LogP contribution < -0.4 is 29.6 Å². The fourth-order valence-electron chi connectivity index (χ4n) is 2.86. The molecule has 0 aliphatic carbocycles. The van der Waals surface area contributed by atoms with Crippen LogP contribution in [0.3, 0.4) is 0 Å². The zero-order valence-electron chi connectivity index (χ0n) is 26.5. The number of rotatable bonds is 9. The SMILES string of the molecule is C/C(C=O)=C\c1ccccc1.CCOC(=O)/C(C)=C/C(C)=C/c1ccccc1.CCOC(=O)C(C)P(C)(C)=O.[H-].[Na+]. The van der Waals surface area contributed by atoms with E-state index < -0.39 is 12.8 Å². The van der Waals surface area contributed by atoms with Crippen LogP contribution >= 0.6 is 7.14 Å². The van der Waals surface area contributed by atoms with Gasteiger partial charge in [0.2, 0.25) is 0 Å². The van der Waals surface area contributed by atoms with Crippen LogP contribution in [0.15, 0.2) is 83.5 Å². The van der Waals surface area contributed by atoms with Crippen molar-refractivity contribution in [3.8, 4) is 0 Å². The van der Waals surface area contributed by atoms with Crippen molar-refractivity contribution >= 4 is 37.5 Å². The standard InChI is InChI=1S/C15H18O2.C10H10O.C7H15O3P.Na.H/c1-4-17-15(16)13(3)10-12(2)11-14-8-6-5-7-9-14;1-9(8-11)7-10-5-3-2-4-6-10;1-5-10-7(8)6(2)11(3,4)9;;/h5-11H,4H2,1-3H3;2-8H,1H3;6H,5H2,1-4H3;;/q;;;+1;-1/b12-11+,13-10+;9-7+;;;. The van der Waals surface area contributed by atoms with Crippen molar-refractivity contribution < 1.29 is 59.4 Å². The van der Waals surface area contributed by atoms with Gasteiger partial charge >= 0.3 is 41.5 Å². The monoisotopic (exact) mass is 578 g/mol. The number of benzene rings is 2. The predicted molar refractivity (Wildman–Crippen MR) is 163 cm³/mol. The third-order valence-corrected chi connectivity index (χ3v) is 7.25. The number of allylic oxidation sites excluding steroid dienone is 3. The third kappa shape index (κ3) is 18.7. The van der Waals surface area contributed by atoms with Crippen LogP contribution in [-0.2, 0) is 28.4 Å². The first kappa shape index (κ1) is 39.6. The van der Waals surface area contributed by atoms with Crippen molar-refractivity contribution in [2.45, 2.75) is 47.2 Å². The second-order valence-electron chi connectivity index (χ2n) is 9.13. The third-order valence-electron chi connectivity index (χ3n) is 5.18. The second-order valence-corrected chi connectivity index (χ2v) is 12.8. The van der Waals surface area contributed by atoms with Gasteiger partial charge in [0.1, 0.15) is 11.9 Å². The molecule has 2 rings (SSSR count). The molecule has 1 atom stereocenters. The Morgan fingerprint density at radius 3 is 1.62 bits per heavy atom. The fraction of sp³-hybridized carbons (Fsp3) is 0.344. The maximum absolute atomic E-state index is 11.4. The summed E-state index contributed by atoms with van der Waals surface area (Å²) in [7, 11) is -2.32. The quantitative estimate of drug-likeness (QED) is 0.108. The molecule has 0 spiro atoms. The zero-order chi connectivity index (χ0) is 29.8. The molecule has 2 aromatic carbocycles. The van der Waals surface area contributed by atoms with Crippen LogP contribution in [0, 0.1) is 0 Å². The molecule has 0 fully saturated rings. The molecular formula is C32H44NaO6P. The van der Waals surface area contributed by atoms with Crippen molar-refractivity contribution in [2.24, 2.45) is 0 Å². The van der Waals surface area contributed by atoms with Crippen LogP contribution in [-0.4, -0.2) is 50.4 Å². The molecule has 0 aromatic heterocycles. The van der Waals surface area contributed by atoms with E-state index in [1.165, 1.54) is 0 Å².